The van der Waals surface area contributed by atoms with Crippen LogP contribution in [-0.4, -0.2) is 9.97 Å². The van der Waals surface area contributed by atoms with Gasteiger partial charge in [-0.1, -0.05) is 0 Å². The molecule has 2 aromatic rings. The number of aryl methyl sites for hydroxylation is 3. The molecule has 1 N–H and O–H groups in total. The van der Waals surface area contributed by atoms with E-state index in [2.05, 4.69) is 15.3 Å². The fourth-order valence-electron chi connectivity index (χ4n) is 1.92. The van der Waals surface area contributed by atoms with Gasteiger partial charge in [-0.15, -0.1) is 0 Å². The lowest BCUT2D eigenvalue weighted by Gasteiger charge is -2.14. The van der Waals surface area contributed by atoms with E-state index in [-0.39, 0.29) is 11.9 Å². The van der Waals surface area contributed by atoms with Crippen LogP contribution < -0.4 is 5.32 Å². The summed E-state index contributed by atoms with van der Waals surface area (Å²) in [5, 5.41) is 3.04. The molecule has 0 amide bonds. The van der Waals surface area contributed by atoms with Gasteiger partial charge in [-0.25, -0.2) is 14.4 Å². The fourth-order valence-corrected chi connectivity index (χ4v) is 1.92. The minimum absolute atomic E-state index is 0.0775. The van der Waals surface area contributed by atoms with Crippen LogP contribution in [0, 0.1) is 26.6 Å². The van der Waals surface area contributed by atoms with Crippen LogP contribution in [0.5, 0.6) is 0 Å². The van der Waals surface area contributed by atoms with Crippen molar-refractivity contribution in [2.24, 2.45) is 0 Å². The molecule has 0 fully saturated rings. The molecule has 2 rings (SSSR count). The highest BCUT2D eigenvalue weighted by atomic mass is 19.1. The van der Waals surface area contributed by atoms with E-state index in [0.717, 1.165) is 17.1 Å². The van der Waals surface area contributed by atoms with Crippen molar-refractivity contribution < 1.29 is 8.81 Å². The number of nitrogens with one attached hydrogen (secondary N) is 1. The van der Waals surface area contributed by atoms with Gasteiger partial charge >= 0.3 is 0 Å². The van der Waals surface area contributed by atoms with Crippen LogP contribution in [0.1, 0.15) is 35.7 Å². The number of halogens is 1. The van der Waals surface area contributed by atoms with Gasteiger partial charge in [0.05, 0.1) is 11.7 Å². The molecular weight excluding hydrogens is 233 g/mol. The minimum Gasteiger partial charge on any atom is -0.466 e. The number of hydrogen-bond donors (Lipinski definition) is 1. The Kier molecular flexibility index (Phi) is 3.32. The van der Waals surface area contributed by atoms with Gasteiger partial charge in [0.25, 0.3) is 0 Å². The van der Waals surface area contributed by atoms with E-state index in [1.807, 2.05) is 26.8 Å². The second kappa shape index (κ2) is 4.76. The average Bonchev–Trinajstić information content (AvgIpc) is 2.64. The highest BCUT2D eigenvalue weighted by Gasteiger charge is 2.15. The van der Waals surface area contributed by atoms with Crippen molar-refractivity contribution in [2.75, 3.05) is 5.32 Å². The molecular formula is C13H16FN3O. The third-order valence-corrected chi connectivity index (χ3v) is 2.86. The summed E-state index contributed by atoms with van der Waals surface area (Å²) in [5.41, 5.74) is 1.34. The van der Waals surface area contributed by atoms with E-state index in [4.69, 9.17) is 4.42 Å². The quantitative estimate of drug-likeness (QED) is 0.906. The highest BCUT2D eigenvalue weighted by molar-refractivity contribution is 5.41. The minimum atomic E-state index is -0.415. The van der Waals surface area contributed by atoms with Crippen molar-refractivity contribution in [1.29, 1.82) is 0 Å². The predicted molar refractivity (Wildman–Crippen MR) is 66.9 cm³/mol. The number of rotatable bonds is 3. The lowest BCUT2D eigenvalue weighted by molar-refractivity contribution is 0.499. The molecule has 0 aliphatic carbocycles. The maximum atomic E-state index is 13.8. The van der Waals surface area contributed by atoms with E-state index >= 15 is 0 Å². The summed E-state index contributed by atoms with van der Waals surface area (Å²) in [7, 11) is 0. The Bertz CT molecular complexity index is 565. The standard InChI is InChI=1S/C13H16FN3O/c1-7-5-11(10(4)18-7)8(2)17-13-12(14)9(3)15-6-16-13/h5-6,8H,1-4H3,(H,15,16,17). The molecule has 5 heteroatoms. The number of nitrogens with zero attached hydrogens (tertiary/aromatic N) is 2. The topological polar surface area (TPSA) is 51.0 Å². The second-order valence-corrected chi connectivity index (χ2v) is 4.36. The Labute approximate surface area is 105 Å². The Balaban J connectivity index is 2.24. The molecule has 96 valence electrons. The van der Waals surface area contributed by atoms with Gasteiger partial charge in [0.1, 0.15) is 17.8 Å². The molecule has 0 radical (unpaired) electrons. The zero-order valence-corrected chi connectivity index (χ0v) is 10.9. The van der Waals surface area contributed by atoms with Gasteiger partial charge in [0.2, 0.25) is 0 Å². The summed E-state index contributed by atoms with van der Waals surface area (Å²) in [5.74, 6) is 1.48. The van der Waals surface area contributed by atoms with Crippen LogP contribution in [0.2, 0.25) is 0 Å². The van der Waals surface area contributed by atoms with Gasteiger partial charge in [-0.3, -0.25) is 0 Å². The van der Waals surface area contributed by atoms with Crippen LogP contribution in [0.15, 0.2) is 16.8 Å². The van der Waals surface area contributed by atoms with Crippen molar-refractivity contribution in [3.05, 3.63) is 41.0 Å². The van der Waals surface area contributed by atoms with Crippen LogP contribution in [0.3, 0.4) is 0 Å². The molecule has 1 atom stereocenters. The number of anilines is 1. The summed E-state index contributed by atoms with van der Waals surface area (Å²) >= 11 is 0. The number of aromatic nitrogens is 2. The molecule has 1 unspecified atom stereocenters. The lowest BCUT2D eigenvalue weighted by atomic mass is 10.1. The van der Waals surface area contributed by atoms with Crippen LogP contribution in [0.4, 0.5) is 10.2 Å². The molecule has 0 aliphatic rings. The predicted octanol–water partition coefficient (Wildman–Crippen LogP) is 3.31. The van der Waals surface area contributed by atoms with Crippen molar-refractivity contribution >= 4 is 5.82 Å². The first-order valence-corrected chi connectivity index (χ1v) is 5.79. The van der Waals surface area contributed by atoms with Crippen LogP contribution in [0.25, 0.3) is 0 Å². The summed E-state index contributed by atoms with van der Waals surface area (Å²) in [4.78, 5) is 7.71. The first kappa shape index (κ1) is 12.5. The molecule has 0 bridgehead atoms. The van der Waals surface area contributed by atoms with E-state index in [1.54, 1.807) is 6.92 Å². The van der Waals surface area contributed by atoms with E-state index in [1.165, 1.54) is 6.33 Å². The summed E-state index contributed by atoms with van der Waals surface area (Å²) in [6.45, 7) is 7.33. The van der Waals surface area contributed by atoms with Gasteiger partial charge in [0, 0.05) is 5.56 Å². The zero-order chi connectivity index (χ0) is 13.3. The van der Waals surface area contributed by atoms with E-state index < -0.39 is 5.82 Å². The molecule has 0 spiro atoms. The van der Waals surface area contributed by atoms with Crippen LogP contribution >= 0.6 is 0 Å². The van der Waals surface area contributed by atoms with E-state index in [0.29, 0.717) is 5.69 Å². The van der Waals surface area contributed by atoms with Crippen molar-refractivity contribution in [1.82, 2.24) is 9.97 Å². The van der Waals surface area contributed by atoms with Crippen molar-refractivity contribution in [3.8, 4) is 0 Å². The first-order valence-electron chi connectivity index (χ1n) is 5.79. The maximum Gasteiger partial charge on any atom is 0.186 e. The van der Waals surface area contributed by atoms with Gasteiger partial charge < -0.3 is 9.73 Å². The van der Waals surface area contributed by atoms with Gasteiger partial charge in [0.15, 0.2) is 11.6 Å². The number of furan rings is 1. The molecule has 0 aromatic carbocycles. The highest BCUT2D eigenvalue weighted by Crippen LogP contribution is 2.25. The molecule has 0 saturated carbocycles. The third-order valence-electron chi connectivity index (χ3n) is 2.86. The Morgan fingerprint density at radius 1 is 1.28 bits per heavy atom. The Hall–Kier alpha value is -1.91. The largest absolute Gasteiger partial charge is 0.466 e. The third kappa shape index (κ3) is 2.34. The number of hydrogen-bond acceptors (Lipinski definition) is 4. The normalized spacial score (nSPS) is 12.5. The fraction of sp³-hybridized carbons (Fsp3) is 0.385. The van der Waals surface area contributed by atoms with Gasteiger partial charge in [-0.2, -0.15) is 0 Å². The second-order valence-electron chi connectivity index (χ2n) is 4.36. The Morgan fingerprint density at radius 3 is 2.61 bits per heavy atom. The maximum absolute atomic E-state index is 13.8. The molecule has 4 nitrogen and oxygen atoms in total. The summed E-state index contributed by atoms with van der Waals surface area (Å²) in [6, 6.07) is 1.87. The SMILES string of the molecule is Cc1cc(C(C)Nc2ncnc(C)c2F)c(C)o1. The lowest BCUT2D eigenvalue weighted by Crippen LogP contribution is -2.10. The Morgan fingerprint density at radius 2 is 2.00 bits per heavy atom. The van der Waals surface area contributed by atoms with Crippen molar-refractivity contribution in [3.63, 3.8) is 0 Å². The average molecular weight is 249 g/mol. The van der Waals surface area contributed by atoms with E-state index in [9.17, 15) is 4.39 Å². The smallest absolute Gasteiger partial charge is 0.186 e. The van der Waals surface area contributed by atoms with Crippen molar-refractivity contribution in [2.45, 2.75) is 33.7 Å². The van der Waals surface area contributed by atoms with Crippen LogP contribution in [-0.2, 0) is 0 Å². The molecule has 2 heterocycles. The first-order chi connectivity index (χ1) is 8.49. The zero-order valence-electron chi connectivity index (χ0n) is 10.9. The molecule has 2 aromatic heterocycles. The summed E-state index contributed by atoms with van der Waals surface area (Å²) in [6.07, 6.45) is 1.35. The molecule has 18 heavy (non-hydrogen) atoms. The summed E-state index contributed by atoms with van der Waals surface area (Å²) < 4.78 is 19.2. The molecule has 0 aliphatic heterocycles. The monoisotopic (exact) mass is 249 g/mol. The molecule has 0 saturated heterocycles. The van der Waals surface area contributed by atoms with Gasteiger partial charge in [-0.05, 0) is 33.8 Å².